The summed E-state index contributed by atoms with van der Waals surface area (Å²) in [5.41, 5.74) is 2.51. The van der Waals surface area contributed by atoms with Gasteiger partial charge in [0.15, 0.2) is 0 Å². The van der Waals surface area contributed by atoms with Crippen molar-refractivity contribution >= 4 is 27.6 Å². The van der Waals surface area contributed by atoms with Crippen molar-refractivity contribution in [3.05, 3.63) is 53.6 Å². The third kappa shape index (κ3) is 5.66. The number of carboxylic acid groups (broad SMARTS) is 1. The molecule has 2 aromatic carbocycles. The number of carboxylic acids is 1. The highest BCUT2D eigenvalue weighted by atomic mass is 32.2. The highest BCUT2D eigenvalue weighted by Gasteiger charge is 2.43. The molecular weight excluding hydrogens is 494 g/mol. The summed E-state index contributed by atoms with van der Waals surface area (Å²) in [6.07, 6.45) is 3.14. The van der Waals surface area contributed by atoms with Gasteiger partial charge in [-0.3, -0.25) is 9.59 Å². The summed E-state index contributed by atoms with van der Waals surface area (Å²) in [4.78, 5) is 27.1. The Morgan fingerprint density at radius 3 is 2.38 bits per heavy atom. The van der Waals surface area contributed by atoms with E-state index < -0.39 is 33.9 Å². The van der Waals surface area contributed by atoms with E-state index in [1.165, 1.54) is 31.0 Å². The van der Waals surface area contributed by atoms with E-state index in [2.05, 4.69) is 10.2 Å². The number of nitrogens with zero attached hydrogens (tertiary/aromatic N) is 2. The number of carbonyl (C=O) groups is 2. The normalized spacial score (nSPS) is 21.2. The van der Waals surface area contributed by atoms with Gasteiger partial charge in [-0.2, -0.15) is 4.31 Å². The van der Waals surface area contributed by atoms with Gasteiger partial charge in [-0.25, -0.2) is 8.42 Å². The van der Waals surface area contributed by atoms with Gasteiger partial charge in [0.25, 0.3) is 0 Å². The molecule has 0 bridgehead atoms. The standard InChI is InChI=1S/C27H35N3O6S/c1-4-23(19-7-9-21(10-8-19)29-13-5-6-14-29)27(33)36-25-12-11-22(15-18(25)2)37(34,35)30-17-20(28-3)16-24(30)26(31)32/h7-12,15,20,23-24,28H,4-6,13-14,16-17H2,1-3H3,(H,31,32)/t20-,23?,24-/m0/s1. The van der Waals surface area contributed by atoms with E-state index in [9.17, 15) is 23.1 Å². The van der Waals surface area contributed by atoms with Crippen molar-refractivity contribution < 1.29 is 27.9 Å². The lowest BCUT2D eigenvalue weighted by atomic mass is 9.96. The number of hydrogen-bond donors (Lipinski definition) is 2. The molecule has 200 valence electrons. The maximum absolute atomic E-state index is 13.3. The van der Waals surface area contributed by atoms with Crippen molar-refractivity contribution in [2.24, 2.45) is 0 Å². The number of benzene rings is 2. The van der Waals surface area contributed by atoms with Crippen molar-refractivity contribution in [1.29, 1.82) is 0 Å². The van der Waals surface area contributed by atoms with Gasteiger partial charge in [-0.15, -0.1) is 0 Å². The Morgan fingerprint density at radius 2 is 1.81 bits per heavy atom. The van der Waals surface area contributed by atoms with E-state index in [4.69, 9.17) is 4.74 Å². The second kappa shape index (κ2) is 11.2. The zero-order valence-electron chi connectivity index (χ0n) is 21.5. The van der Waals surface area contributed by atoms with Gasteiger partial charge in [0.1, 0.15) is 11.8 Å². The lowest BCUT2D eigenvalue weighted by Crippen LogP contribution is -2.40. The third-order valence-electron chi connectivity index (χ3n) is 7.37. The topological polar surface area (TPSA) is 116 Å². The Morgan fingerprint density at radius 1 is 1.14 bits per heavy atom. The molecule has 3 atom stereocenters. The molecule has 9 nitrogen and oxygen atoms in total. The number of carbonyl (C=O) groups excluding carboxylic acids is 1. The SMILES string of the molecule is CCC(C(=O)Oc1ccc(S(=O)(=O)N2C[C@@H](NC)C[C@H]2C(=O)O)cc1C)c1ccc(N2CCCC2)cc1. The number of anilines is 1. The molecule has 2 saturated heterocycles. The molecule has 1 unspecified atom stereocenters. The van der Waals surface area contributed by atoms with Gasteiger partial charge >= 0.3 is 11.9 Å². The van der Waals surface area contributed by atoms with Crippen molar-refractivity contribution in [3.63, 3.8) is 0 Å². The van der Waals surface area contributed by atoms with E-state index >= 15 is 0 Å². The number of likely N-dealkylation sites (N-methyl/N-ethyl adjacent to an activating group) is 1. The van der Waals surface area contributed by atoms with Crippen molar-refractivity contribution in [2.45, 2.75) is 62.4 Å². The molecule has 2 aliphatic heterocycles. The smallest absolute Gasteiger partial charge is 0.322 e. The molecule has 10 heteroatoms. The number of aryl methyl sites for hydroxylation is 1. The van der Waals surface area contributed by atoms with Crippen LogP contribution in [0.15, 0.2) is 47.4 Å². The first-order valence-corrected chi connectivity index (χ1v) is 14.2. The van der Waals surface area contributed by atoms with Crippen molar-refractivity contribution in [2.75, 3.05) is 31.6 Å². The summed E-state index contributed by atoms with van der Waals surface area (Å²) in [5.74, 6) is -1.75. The van der Waals surface area contributed by atoms with Gasteiger partial charge in [0, 0.05) is 31.4 Å². The quantitative estimate of drug-likeness (QED) is 0.376. The van der Waals surface area contributed by atoms with Crippen LogP contribution >= 0.6 is 0 Å². The Labute approximate surface area is 218 Å². The second-order valence-corrected chi connectivity index (χ2v) is 11.6. The van der Waals surface area contributed by atoms with Crippen LogP contribution in [0.4, 0.5) is 5.69 Å². The van der Waals surface area contributed by atoms with E-state index in [1.54, 1.807) is 14.0 Å². The molecule has 0 amide bonds. The van der Waals surface area contributed by atoms with E-state index in [0.29, 0.717) is 12.0 Å². The zero-order chi connectivity index (χ0) is 26.7. The fourth-order valence-electron chi connectivity index (χ4n) is 5.15. The molecule has 2 heterocycles. The first-order chi connectivity index (χ1) is 17.6. The average Bonchev–Trinajstić information content (AvgIpc) is 3.57. The van der Waals surface area contributed by atoms with Crippen LogP contribution in [0.25, 0.3) is 0 Å². The number of ether oxygens (including phenoxy) is 1. The number of nitrogens with one attached hydrogen (secondary N) is 1. The molecule has 0 aromatic heterocycles. The molecule has 2 fully saturated rings. The molecule has 37 heavy (non-hydrogen) atoms. The average molecular weight is 530 g/mol. The summed E-state index contributed by atoms with van der Waals surface area (Å²) < 4.78 is 33.3. The predicted octanol–water partition coefficient (Wildman–Crippen LogP) is 3.13. The minimum Gasteiger partial charge on any atom is -0.480 e. The predicted molar refractivity (Wildman–Crippen MR) is 141 cm³/mol. The van der Waals surface area contributed by atoms with Crippen molar-refractivity contribution in [3.8, 4) is 5.75 Å². The maximum atomic E-state index is 13.3. The van der Waals surface area contributed by atoms with E-state index in [0.717, 1.165) is 28.6 Å². The molecule has 2 aromatic rings. The third-order valence-corrected chi connectivity index (χ3v) is 9.24. The van der Waals surface area contributed by atoms with Crippen LogP contribution in [-0.4, -0.2) is 68.5 Å². The molecule has 2 aliphatic rings. The van der Waals surface area contributed by atoms with Gasteiger partial charge < -0.3 is 20.1 Å². The van der Waals surface area contributed by atoms with Crippen LogP contribution in [0.2, 0.25) is 0 Å². The first-order valence-electron chi connectivity index (χ1n) is 12.7. The number of aliphatic carboxylic acids is 1. The number of rotatable bonds is 9. The molecule has 0 radical (unpaired) electrons. The summed E-state index contributed by atoms with van der Waals surface area (Å²) in [5, 5.41) is 12.5. The summed E-state index contributed by atoms with van der Waals surface area (Å²) in [6.45, 7) is 5.77. The monoisotopic (exact) mass is 529 g/mol. The zero-order valence-corrected chi connectivity index (χ0v) is 22.3. The highest BCUT2D eigenvalue weighted by Crippen LogP contribution is 2.31. The molecule has 0 aliphatic carbocycles. The fourth-order valence-corrected chi connectivity index (χ4v) is 6.87. The molecule has 0 saturated carbocycles. The number of esters is 1. The summed E-state index contributed by atoms with van der Waals surface area (Å²) in [7, 11) is -2.37. The molecular formula is C27H35N3O6S. The van der Waals surface area contributed by atoms with Crippen LogP contribution in [0.5, 0.6) is 5.75 Å². The number of hydrogen-bond acceptors (Lipinski definition) is 7. The van der Waals surface area contributed by atoms with Gasteiger partial charge in [0.05, 0.1) is 10.8 Å². The molecule has 2 N–H and O–H groups in total. The second-order valence-electron chi connectivity index (χ2n) is 9.74. The van der Waals surface area contributed by atoms with E-state index in [1.807, 2.05) is 31.2 Å². The van der Waals surface area contributed by atoms with Gasteiger partial charge in [0.2, 0.25) is 10.0 Å². The lowest BCUT2D eigenvalue weighted by Gasteiger charge is -2.22. The maximum Gasteiger partial charge on any atom is 0.322 e. The van der Waals surface area contributed by atoms with E-state index in [-0.39, 0.29) is 29.7 Å². The minimum atomic E-state index is -4.05. The minimum absolute atomic E-state index is 0.0302. The van der Waals surface area contributed by atoms with Crippen LogP contribution < -0.4 is 15.0 Å². The Kier molecular flexibility index (Phi) is 8.20. The number of sulfonamides is 1. The van der Waals surface area contributed by atoms with Crippen LogP contribution in [0.3, 0.4) is 0 Å². The van der Waals surface area contributed by atoms with Crippen LogP contribution in [0, 0.1) is 6.92 Å². The lowest BCUT2D eigenvalue weighted by molar-refractivity contribution is -0.140. The largest absolute Gasteiger partial charge is 0.480 e. The molecule has 4 rings (SSSR count). The van der Waals surface area contributed by atoms with Gasteiger partial charge in [-0.05, 0) is 81.1 Å². The highest BCUT2D eigenvalue weighted by molar-refractivity contribution is 7.89. The first kappa shape index (κ1) is 27.1. The molecule has 0 spiro atoms. The Hall–Kier alpha value is -2.95. The van der Waals surface area contributed by atoms with Crippen LogP contribution in [0.1, 0.15) is 49.7 Å². The van der Waals surface area contributed by atoms with Crippen molar-refractivity contribution in [1.82, 2.24) is 9.62 Å². The fraction of sp³-hybridized carbons (Fsp3) is 0.481. The Bertz CT molecular complexity index is 1240. The van der Waals surface area contributed by atoms with Gasteiger partial charge in [-0.1, -0.05) is 19.1 Å². The summed E-state index contributed by atoms with van der Waals surface area (Å²) in [6, 6.07) is 10.9. The summed E-state index contributed by atoms with van der Waals surface area (Å²) >= 11 is 0. The van der Waals surface area contributed by atoms with Crippen LogP contribution in [-0.2, 0) is 19.6 Å². The Balaban J connectivity index is 1.49.